The van der Waals surface area contributed by atoms with E-state index in [-0.39, 0.29) is 5.91 Å². The van der Waals surface area contributed by atoms with Crippen LogP contribution in [0.25, 0.3) is 10.8 Å². The highest BCUT2D eigenvalue weighted by Gasteiger charge is 2.12. The maximum Gasteiger partial charge on any atom is 0.236 e. The summed E-state index contributed by atoms with van der Waals surface area (Å²) < 4.78 is 5.65. The molecule has 1 N–H and O–H groups in total. The van der Waals surface area contributed by atoms with E-state index in [9.17, 15) is 4.79 Å². The highest BCUT2D eigenvalue weighted by atomic mass is 32.1. The molecule has 0 radical (unpaired) electrons. The van der Waals surface area contributed by atoms with Crippen molar-refractivity contribution in [3.63, 3.8) is 0 Å². The standard InChI is InChI=1S/C14H18N2O2S/c1-3-5-13(17)15-8-7-11-10(2)18-14(16-11)12-6-4-9-19-12/h4,6,9H,3,5,7-8H2,1-2H3,(H,15,17). The Morgan fingerprint density at radius 1 is 1.53 bits per heavy atom. The Hall–Kier alpha value is -1.62. The van der Waals surface area contributed by atoms with E-state index in [0.717, 1.165) is 22.8 Å². The lowest BCUT2D eigenvalue weighted by atomic mass is 10.2. The van der Waals surface area contributed by atoms with Crippen LogP contribution in [0, 0.1) is 6.92 Å². The highest BCUT2D eigenvalue weighted by molar-refractivity contribution is 7.13. The molecule has 4 nitrogen and oxygen atoms in total. The summed E-state index contributed by atoms with van der Waals surface area (Å²) in [6.45, 7) is 4.51. The number of amides is 1. The van der Waals surface area contributed by atoms with Crippen LogP contribution in [-0.2, 0) is 11.2 Å². The van der Waals surface area contributed by atoms with Crippen molar-refractivity contribution >= 4 is 17.2 Å². The molecule has 2 aromatic rings. The van der Waals surface area contributed by atoms with Gasteiger partial charge in [-0.25, -0.2) is 4.98 Å². The molecule has 5 heteroatoms. The fourth-order valence-electron chi connectivity index (χ4n) is 1.80. The fraction of sp³-hybridized carbons (Fsp3) is 0.429. The van der Waals surface area contributed by atoms with Crippen LogP contribution >= 0.6 is 11.3 Å². The monoisotopic (exact) mass is 278 g/mol. The Morgan fingerprint density at radius 3 is 3.05 bits per heavy atom. The summed E-state index contributed by atoms with van der Waals surface area (Å²) in [5, 5.41) is 4.88. The third kappa shape index (κ3) is 3.67. The predicted molar refractivity (Wildman–Crippen MR) is 76.2 cm³/mol. The van der Waals surface area contributed by atoms with Crippen LogP contribution in [0.1, 0.15) is 31.2 Å². The first kappa shape index (κ1) is 13.8. The summed E-state index contributed by atoms with van der Waals surface area (Å²) in [6.07, 6.45) is 2.16. The van der Waals surface area contributed by atoms with Gasteiger partial charge in [-0.05, 0) is 24.8 Å². The van der Waals surface area contributed by atoms with E-state index in [1.165, 1.54) is 0 Å². The summed E-state index contributed by atoms with van der Waals surface area (Å²) in [4.78, 5) is 16.9. The van der Waals surface area contributed by atoms with Crippen LogP contribution in [0.5, 0.6) is 0 Å². The van der Waals surface area contributed by atoms with Crippen molar-refractivity contribution in [2.24, 2.45) is 0 Å². The lowest BCUT2D eigenvalue weighted by Gasteiger charge is -2.02. The summed E-state index contributed by atoms with van der Waals surface area (Å²) >= 11 is 1.61. The number of hydrogen-bond donors (Lipinski definition) is 1. The SMILES string of the molecule is CCCC(=O)NCCc1nc(-c2cccs2)oc1C. The van der Waals surface area contributed by atoms with E-state index in [1.54, 1.807) is 11.3 Å². The van der Waals surface area contributed by atoms with E-state index in [1.807, 2.05) is 31.4 Å². The molecule has 0 bridgehead atoms. The van der Waals surface area contributed by atoms with E-state index >= 15 is 0 Å². The minimum absolute atomic E-state index is 0.0992. The minimum Gasteiger partial charge on any atom is -0.440 e. The van der Waals surface area contributed by atoms with Crippen molar-refractivity contribution in [1.29, 1.82) is 0 Å². The molecule has 0 saturated heterocycles. The number of nitrogens with zero attached hydrogens (tertiary/aromatic N) is 1. The Balaban J connectivity index is 1.92. The van der Waals surface area contributed by atoms with Crippen molar-refractivity contribution in [3.8, 4) is 10.8 Å². The van der Waals surface area contributed by atoms with E-state index in [0.29, 0.717) is 25.3 Å². The van der Waals surface area contributed by atoms with Gasteiger partial charge in [0.25, 0.3) is 0 Å². The van der Waals surface area contributed by atoms with Gasteiger partial charge in [0.1, 0.15) is 5.76 Å². The van der Waals surface area contributed by atoms with Gasteiger partial charge in [-0.1, -0.05) is 13.0 Å². The molecule has 1 amide bonds. The van der Waals surface area contributed by atoms with E-state index in [4.69, 9.17) is 4.42 Å². The van der Waals surface area contributed by atoms with Crippen LogP contribution in [0.15, 0.2) is 21.9 Å². The number of carbonyl (C=O) groups is 1. The number of carbonyl (C=O) groups excluding carboxylic acids is 1. The second-order valence-corrected chi connectivity index (χ2v) is 5.30. The van der Waals surface area contributed by atoms with Crippen LogP contribution in [0.4, 0.5) is 0 Å². The molecule has 0 spiro atoms. The van der Waals surface area contributed by atoms with Crippen LogP contribution in [-0.4, -0.2) is 17.4 Å². The molecule has 0 aliphatic heterocycles. The highest BCUT2D eigenvalue weighted by Crippen LogP contribution is 2.25. The first-order valence-corrected chi connectivity index (χ1v) is 7.35. The summed E-state index contributed by atoms with van der Waals surface area (Å²) in [7, 11) is 0. The van der Waals surface area contributed by atoms with Gasteiger partial charge < -0.3 is 9.73 Å². The zero-order chi connectivity index (χ0) is 13.7. The van der Waals surface area contributed by atoms with Crippen molar-refractivity contribution in [2.45, 2.75) is 33.1 Å². The Labute approximate surface area is 116 Å². The van der Waals surface area contributed by atoms with Crippen molar-refractivity contribution < 1.29 is 9.21 Å². The van der Waals surface area contributed by atoms with Crippen LogP contribution in [0.2, 0.25) is 0 Å². The van der Waals surface area contributed by atoms with Gasteiger partial charge in [-0.2, -0.15) is 0 Å². The molecule has 0 fully saturated rings. The van der Waals surface area contributed by atoms with Crippen molar-refractivity contribution in [2.75, 3.05) is 6.54 Å². The lowest BCUT2D eigenvalue weighted by molar-refractivity contribution is -0.121. The number of thiophene rings is 1. The lowest BCUT2D eigenvalue weighted by Crippen LogP contribution is -2.25. The van der Waals surface area contributed by atoms with Gasteiger partial charge in [0, 0.05) is 19.4 Å². The topological polar surface area (TPSA) is 55.1 Å². The zero-order valence-corrected chi connectivity index (χ0v) is 12.0. The average molecular weight is 278 g/mol. The second kappa shape index (κ2) is 6.52. The summed E-state index contributed by atoms with van der Waals surface area (Å²) in [5.41, 5.74) is 0.917. The van der Waals surface area contributed by atoms with E-state index < -0.39 is 0 Å². The van der Waals surface area contributed by atoms with Gasteiger partial charge in [-0.3, -0.25) is 4.79 Å². The van der Waals surface area contributed by atoms with E-state index in [2.05, 4.69) is 10.3 Å². The zero-order valence-electron chi connectivity index (χ0n) is 11.2. The number of rotatable bonds is 6. The van der Waals surface area contributed by atoms with Gasteiger partial charge in [0.15, 0.2) is 0 Å². The molecular weight excluding hydrogens is 260 g/mol. The normalized spacial score (nSPS) is 10.6. The molecule has 0 unspecified atom stereocenters. The predicted octanol–water partition coefficient (Wildman–Crippen LogP) is 3.17. The average Bonchev–Trinajstić information content (AvgIpc) is 3.00. The molecule has 2 heterocycles. The molecule has 102 valence electrons. The van der Waals surface area contributed by atoms with Crippen LogP contribution < -0.4 is 5.32 Å². The Kier molecular flexibility index (Phi) is 4.74. The first-order valence-electron chi connectivity index (χ1n) is 6.47. The third-order valence-corrected chi connectivity index (χ3v) is 3.64. The molecule has 0 atom stereocenters. The molecule has 0 aliphatic rings. The quantitative estimate of drug-likeness (QED) is 0.883. The van der Waals surface area contributed by atoms with Gasteiger partial charge >= 0.3 is 0 Å². The number of hydrogen-bond acceptors (Lipinski definition) is 4. The van der Waals surface area contributed by atoms with Crippen LogP contribution in [0.3, 0.4) is 0 Å². The summed E-state index contributed by atoms with van der Waals surface area (Å²) in [5.74, 6) is 1.60. The molecule has 0 aliphatic carbocycles. The molecule has 0 aromatic carbocycles. The Morgan fingerprint density at radius 2 is 2.37 bits per heavy atom. The third-order valence-electron chi connectivity index (χ3n) is 2.79. The van der Waals surface area contributed by atoms with Gasteiger partial charge in [0.2, 0.25) is 11.8 Å². The second-order valence-electron chi connectivity index (χ2n) is 4.35. The molecule has 0 saturated carbocycles. The number of aromatic nitrogens is 1. The van der Waals surface area contributed by atoms with Crippen molar-refractivity contribution in [1.82, 2.24) is 10.3 Å². The fourth-order valence-corrected chi connectivity index (χ4v) is 2.45. The number of aryl methyl sites for hydroxylation is 1. The smallest absolute Gasteiger partial charge is 0.236 e. The molecular formula is C14H18N2O2S. The molecule has 19 heavy (non-hydrogen) atoms. The number of nitrogens with one attached hydrogen (secondary N) is 1. The van der Waals surface area contributed by atoms with Gasteiger partial charge in [-0.15, -0.1) is 11.3 Å². The first-order chi connectivity index (χ1) is 9.20. The summed E-state index contributed by atoms with van der Waals surface area (Å²) in [6, 6.07) is 3.97. The number of oxazole rings is 1. The molecule has 2 rings (SSSR count). The minimum atomic E-state index is 0.0992. The maximum atomic E-state index is 11.4. The maximum absolute atomic E-state index is 11.4. The van der Waals surface area contributed by atoms with Gasteiger partial charge in [0.05, 0.1) is 10.6 Å². The molecule has 2 aromatic heterocycles. The Bertz CT molecular complexity index is 532. The largest absolute Gasteiger partial charge is 0.440 e. The van der Waals surface area contributed by atoms with Crippen molar-refractivity contribution in [3.05, 3.63) is 29.0 Å².